The number of halogens is 1. The molecule has 2 N–H and O–H groups in total. The number of amides is 1. The van der Waals surface area contributed by atoms with Gasteiger partial charge in [0.05, 0.1) is 0 Å². The number of carboxylic acid groups (broad SMARTS) is 1. The number of benzene rings is 1. The fraction of sp³-hybridized carbons (Fsp3) is 0.429. The molecule has 1 amide bonds. The van der Waals surface area contributed by atoms with Crippen LogP contribution < -0.4 is 5.32 Å². The molecule has 0 spiro atoms. The van der Waals surface area contributed by atoms with Gasteiger partial charge in [-0.15, -0.1) is 0 Å². The average Bonchev–Trinajstić information content (AvgIpc) is 2.34. The van der Waals surface area contributed by atoms with E-state index < -0.39 is 5.97 Å². The van der Waals surface area contributed by atoms with Gasteiger partial charge in [0.2, 0.25) is 5.91 Å². The van der Waals surface area contributed by atoms with E-state index in [0.29, 0.717) is 24.4 Å². The average molecular weight is 284 g/mol. The lowest BCUT2D eigenvalue weighted by Crippen LogP contribution is -2.31. The van der Waals surface area contributed by atoms with Gasteiger partial charge in [0.1, 0.15) is 0 Å². The lowest BCUT2D eigenvalue weighted by atomic mass is 10.0. The summed E-state index contributed by atoms with van der Waals surface area (Å²) in [5.41, 5.74) is 1.01. The van der Waals surface area contributed by atoms with Gasteiger partial charge in [-0.25, -0.2) is 0 Å². The van der Waals surface area contributed by atoms with Crippen LogP contribution in [0.5, 0.6) is 0 Å². The van der Waals surface area contributed by atoms with Crippen molar-refractivity contribution in [2.45, 2.75) is 26.2 Å². The second-order valence-corrected chi connectivity index (χ2v) is 4.96. The number of aliphatic carboxylic acids is 1. The zero-order valence-electron chi connectivity index (χ0n) is 10.9. The van der Waals surface area contributed by atoms with Gasteiger partial charge >= 0.3 is 5.97 Å². The van der Waals surface area contributed by atoms with Gasteiger partial charge in [-0.05, 0) is 30.5 Å². The van der Waals surface area contributed by atoms with E-state index in [1.807, 2.05) is 25.1 Å². The van der Waals surface area contributed by atoms with Crippen LogP contribution in [0.4, 0.5) is 0 Å². The summed E-state index contributed by atoms with van der Waals surface area (Å²) in [4.78, 5) is 22.1. The monoisotopic (exact) mass is 283 g/mol. The molecule has 0 aliphatic heterocycles. The van der Waals surface area contributed by atoms with Crippen LogP contribution in [0, 0.1) is 5.92 Å². The van der Waals surface area contributed by atoms with E-state index in [9.17, 15) is 9.59 Å². The molecule has 0 bridgehead atoms. The van der Waals surface area contributed by atoms with Crippen LogP contribution >= 0.6 is 11.6 Å². The molecular formula is C14H18ClNO3. The van der Waals surface area contributed by atoms with Crippen molar-refractivity contribution >= 4 is 23.5 Å². The van der Waals surface area contributed by atoms with Gasteiger partial charge in [0.25, 0.3) is 0 Å². The lowest BCUT2D eigenvalue weighted by molar-refractivity contribution is -0.137. The predicted octanol–water partition coefficient (Wildman–Crippen LogP) is 2.50. The van der Waals surface area contributed by atoms with Crippen LogP contribution in [0.1, 0.15) is 25.3 Å². The maximum absolute atomic E-state index is 11.8. The van der Waals surface area contributed by atoms with Gasteiger partial charge in [-0.1, -0.05) is 30.7 Å². The Balaban J connectivity index is 2.34. The lowest BCUT2D eigenvalue weighted by Gasteiger charge is -2.12. The standard InChI is InChI=1S/C14H18ClNO3/c1-10(8-11-4-2-5-12(15)9-11)14(19)16-7-3-6-13(17)18/h2,4-5,9-10H,3,6-8H2,1H3,(H,16,19)(H,17,18)/t10-/m1/s1. The molecule has 1 aromatic rings. The van der Waals surface area contributed by atoms with Crippen LogP contribution in [0.25, 0.3) is 0 Å². The number of rotatable bonds is 7. The van der Waals surface area contributed by atoms with Crippen LogP contribution in [0.15, 0.2) is 24.3 Å². The first-order valence-corrected chi connectivity index (χ1v) is 6.61. The molecule has 0 fully saturated rings. The highest BCUT2D eigenvalue weighted by Crippen LogP contribution is 2.14. The minimum Gasteiger partial charge on any atom is -0.481 e. The molecule has 1 aromatic carbocycles. The first-order chi connectivity index (χ1) is 8.99. The predicted molar refractivity (Wildman–Crippen MR) is 74.2 cm³/mol. The molecule has 104 valence electrons. The first-order valence-electron chi connectivity index (χ1n) is 6.23. The number of carbonyl (C=O) groups excluding carboxylic acids is 1. The zero-order valence-corrected chi connectivity index (χ0v) is 11.6. The summed E-state index contributed by atoms with van der Waals surface area (Å²) < 4.78 is 0. The number of nitrogens with one attached hydrogen (secondary N) is 1. The Morgan fingerprint density at radius 1 is 1.42 bits per heavy atom. The number of carboxylic acids is 1. The van der Waals surface area contributed by atoms with Crippen LogP contribution in [0.3, 0.4) is 0 Å². The maximum Gasteiger partial charge on any atom is 0.303 e. The van der Waals surface area contributed by atoms with Gasteiger partial charge in [-0.3, -0.25) is 9.59 Å². The highest BCUT2D eigenvalue weighted by atomic mass is 35.5. The van der Waals surface area contributed by atoms with E-state index in [2.05, 4.69) is 5.32 Å². The van der Waals surface area contributed by atoms with E-state index in [1.54, 1.807) is 6.07 Å². The summed E-state index contributed by atoms with van der Waals surface area (Å²) in [6, 6.07) is 7.42. The van der Waals surface area contributed by atoms with E-state index in [0.717, 1.165) is 5.56 Å². The van der Waals surface area contributed by atoms with Crippen molar-refractivity contribution < 1.29 is 14.7 Å². The first kappa shape index (κ1) is 15.5. The summed E-state index contributed by atoms with van der Waals surface area (Å²) >= 11 is 5.88. The third-order valence-electron chi connectivity index (χ3n) is 2.75. The van der Waals surface area contributed by atoms with E-state index >= 15 is 0 Å². The summed E-state index contributed by atoms with van der Waals surface area (Å²) in [5.74, 6) is -1.07. The van der Waals surface area contributed by atoms with Crippen LogP contribution in [-0.2, 0) is 16.0 Å². The highest BCUT2D eigenvalue weighted by molar-refractivity contribution is 6.30. The summed E-state index contributed by atoms with van der Waals surface area (Å²) in [7, 11) is 0. The molecule has 0 saturated heterocycles. The van der Waals surface area contributed by atoms with E-state index in [1.165, 1.54) is 0 Å². The van der Waals surface area contributed by atoms with Crippen molar-refractivity contribution in [2.24, 2.45) is 5.92 Å². The third kappa shape index (κ3) is 6.25. The van der Waals surface area contributed by atoms with Crippen molar-refractivity contribution in [2.75, 3.05) is 6.54 Å². The summed E-state index contributed by atoms with van der Waals surface area (Å²) in [6.07, 6.45) is 1.14. The van der Waals surface area contributed by atoms with Crippen molar-refractivity contribution in [3.8, 4) is 0 Å². The Bertz CT molecular complexity index is 448. The van der Waals surface area contributed by atoms with Crippen molar-refractivity contribution in [3.05, 3.63) is 34.9 Å². The van der Waals surface area contributed by atoms with Crippen molar-refractivity contribution in [3.63, 3.8) is 0 Å². The Labute approximate surface area is 117 Å². The van der Waals surface area contributed by atoms with Crippen LogP contribution in [0.2, 0.25) is 5.02 Å². The fourth-order valence-corrected chi connectivity index (χ4v) is 1.95. The molecule has 0 heterocycles. The molecular weight excluding hydrogens is 266 g/mol. The van der Waals surface area contributed by atoms with Gasteiger partial charge in [0.15, 0.2) is 0 Å². The Morgan fingerprint density at radius 3 is 2.79 bits per heavy atom. The molecule has 0 aliphatic rings. The molecule has 4 nitrogen and oxygen atoms in total. The highest BCUT2D eigenvalue weighted by Gasteiger charge is 2.13. The number of carbonyl (C=O) groups is 2. The number of hydrogen-bond donors (Lipinski definition) is 2. The molecule has 0 aliphatic carbocycles. The minimum absolute atomic E-state index is 0.0645. The molecule has 0 radical (unpaired) electrons. The quantitative estimate of drug-likeness (QED) is 0.756. The molecule has 0 saturated carbocycles. The van der Waals surface area contributed by atoms with Crippen molar-refractivity contribution in [1.29, 1.82) is 0 Å². The second kappa shape index (κ2) is 7.79. The zero-order chi connectivity index (χ0) is 14.3. The minimum atomic E-state index is -0.846. The Morgan fingerprint density at radius 2 is 2.16 bits per heavy atom. The molecule has 0 aromatic heterocycles. The molecule has 5 heteroatoms. The fourth-order valence-electron chi connectivity index (χ4n) is 1.74. The summed E-state index contributed by atoms with van der Waals surface area (Å²) in [5, 5.41) is 11.9. The molecule has 1 rings (SSSR count). The number of hydrogen-bond acceptors (Lipinski definition) is 2. The normalized spacial score (nSPS) is 11.9. The second-order valence-electron chi connectivity index (χ2n) is 4.52. The van der Waals surface area contributed by atoms with Gasteiger partial charge < -0.3 is 10.4 Å². The van der Waals surface area contributed by atoms with E-state index in [4.69, 9.17) is 16.7 Å². The Hall–Kier alpha value is -1.55. The van der Waals surface area contributed by atoms with Crippen LogP contribution in [-0.4, -0.2) is 23.5 Å². The summed E-state index contributed by atoms with van der Waals surface area (Å²) in [6.45, 7) is 2.23. The largest absolute Gasteiger partial charge is 0.481 e. The molecule has 19 heavy (non-hydrogen) atoms. The van der Waals surface area contributed by atoms with Gasteiger partial charge in [0, 0.05) is 23.9 Å². The van der Waals surface area contributed by atoms with Crippen molar-refractivity contribution in [1.82, 2.24) is 5.32 Å². The SMILES string of the molecule is C[C@H](Cc1cccc(Cl)c1)C(=O)NCCCC(=O)O. The third-order valence-corrected chi connectivity index (χ3v) is 2.98. The topological polar surface area (TPSA) is 66.4 Å². The smallest absolute Gasteiger partial charge is 0.303 e. The van der Waals surface area contributed by atoms with E-state index in [-0.39, 0.29) is 18.2 Å². The van der Waals surface area contributed by atoms with Gasteiger partial charge in [-0.2, -0.15) is 0 Å². The maximum atomic E-state index is 11.8. The molecule has 0 unspecified atom stereocenters. The Kier molecular flexibility index (Phi) is 6.36. The molecule has 1 atom stereocenters.